The summed E-state index contributed by atoms with van der Waals surface area (Å²) in [5.41, 5.74) is 0. The molecule has 1 aromatic heterocycles. The molecule has 7 nitrogen and oxygen atoms in total. The highest BCUT2D eigenvalue weighted by Crippen LogP contribution is 2.28. The average molecular weight is 465 g/mol. The highest BCUT2D eigenvalue weighted by Gasteiger charge is 2.24. The molecule has 2 rings (SSSR count). The van der Waals surface area contributed by atoms with E-state index >= 15 is 0 Å². The van der Waals surface area contributed by atoms with Crippen molar-refractivity contribution in [2.75, 3.05) is 13.7 Å². The molecule has 0 bridgehead atoms. The molecule has 0 saturated heterocycles. The molecule has 3 unspecified atom stereocenters. The molecule has 1 aliphatic carbocycles. The van der Waals surface area contributed by atoms with Gasteiger partial charge in [-0.2, -0.15) is 4.98 Å². The lowest BCUT2D eigenvalue weighted by atomic mass is 9.80. The Hall–Kier alpha value is -0.900. The fraction of sp³-hybridized carbons (Fsp3) is 0.824. The van der Waals surface area contributed by atoms with Crippen molar-refractivity contribution in [3.8, 4) is 0 Å². The third-order valence-electron chi connectivity index (χ3n) is 4.41. The van der Waals surface area contributed by atoms with Crippen LogP contribution in [0.2, 0.25) is 0 Å². The minimum absolute atomic E-state index is 0. The van der Waals surface area contributed by atoms with Crippen molar-refractivity contribution in [1.29, 1.82) is 0 Å². The lowest BCUT2D eigenvalue weighted by Crippen LogP contribution is -2.46. The van der Waals surface area contributed by atoms with Gasteiger partial charge in [-0.05, 0) is 44.9 Å². The van der Waals surface area contributed by atoms with Crippen molar-refractivity contribution < 1.29 is 9.26 Å². The number of halogens is 1. The number of guanidine groups is 1. The summed E-state index contributed by atoms with van der Waals surface area (Å²) in [6.07, 6.45) is 3.52. The molecule has 2 N–H and O–H groups in total. The number of nitrogens with one attached hydrogen (secondary N) is 2. The van der Waals surface area contributed by atoms with E-state index in [1.807, 2.05) is 13.8 Å². The third kappa shape index (κ3) is 7.08. The molecule has 3 atom stereocenters. The molecule has 8 heteroatoms. The number of ether oxygens (including phenoxy) is 1. The fourth-order valence-electron chi connectivity index (χ4n) is 3.44. The van der Waals surface area contributed by atoms with Crippen LogP contribution in [0.1, 0.15) is 64.8 Å². The summed E-state index contributed by atoms with van der Waals surface area (Å²) in [6, 6.07) is 0.464. The summed E-state index contributed by atoms with van der Waals surface area (Å²) in [7, 11) is 1.78. The summed E-state index contributed by atoms with van der Waals surface area (Å²) >= 11 is 0. The predicted molar refractivity (Wildman–Crippen MR) is 109 cm³/mol. The van der Waals surface area contributed by atoms with Gasteiger partial charge in [-0.1, -0.05) is 19.0 Å². The largest absolute Gasteiger partial charge is 0.371 e. The maximum absolute atomic E-state index is 5.47. The van der Waals surface area contributed by atoms with Gasteiger partial charge in [0, 0.05) is 19.7 Å². The Bertz CT molecular complexity index is 527. The molecule has 25 heavy (non-hydrogen) atoms. The highest BCUT2D eigenvalue weighted by molar-refractivity contribution is 14.0. The normalized spacial score (nSPS) is 25.2. The molecular weight excluding hydrogens is 433 g/mol. The number of nitrogens with zero attached hydrogens (tertiary/aromatic N) is 3. The van der Waals surface area contributed by atoms with Crippen LogP contribution < -0.4 is 10.6 Å². The van der Waals surface area contributed by atoms with Crippen molar-refractivity contribution in [2.45, 2.75) is 65.6 Å². The molecule has 0 aliphatic heterocycles. The number of aliphatic imine (C=N–C) groups is 1. The van der Waals surface area contributed by atoms with E-state index in [4.69, 9.17) is 9.26 Å². The van der Waals surface area contributed by atoms with E-state index in [0.717, 1.165) is 17.8 Å². The van der Waals surface area contributed by atoms with E-state index in [1.165, 1.54) is 19.3 Å². The first-order valence-corrected chi connectivity index (χ1v) is 8.93. The molecule has 144 valence electrons. The van der Waals surface area contributed by atoms with Crippen LogP contribution >= 0.6 is 24.0 Å². The van der Waals surface area contributed by atoms with Gasteiger partial charge in [-0.25, -0.2) is 0 Å². The second-order valence-corrected chi connectivity index (χ2v) is 6.83. The van der Waals surface area contributed by atoms with E-state index in [-0.39, 0.29) is 30.1 Å². The topological polar surface area (TPSA) is 84.6 Å². The smallest absolute Gasteiger partial charge is 0.246 e. The van der Waals surface area contributed by atoms with Crippen LogP contribution in [0.15, 0.2) is 9.52 Å². The SMILES string of the molecule is CCOC(C)c1noc(CNC(=NC)NC2CC(C)CC(C)C2)n1.I. The lowest BCUT2D eigenvalue weighted by molar-refractivity contribution is 0.0683. The number of hydrogen-bond donors (Lipinski definition) is 2. The molecule has 1 fully saturated rings. The van der Waals surface area contributed by atoms with Gasteiger partial charge >= 0.3 is 0 Å². The minimum atomic E-state index is -0.157. The van der Waals surface area contributed by atoms with Crippen molar-refractivity contribution in [2.24, 2.45) is 16.8 Å². The summed E-state index contributed by atoms with van der Waals surface area (Å²) in [6.45, 7) is 9.57. The minimum Gasteiger partial charge on any atom is -0.371 e. The zero-order valence-corrected chi connectivity index (χ0v) is 18.2. The van der Waals surface area contributed by atoms with Gasteiger partial charge in [0.2, 0.25) is 5.89 Å². The molecule has 0 amide bonds. The molecule has 1 aliphatic rings. The molecule has 0 aromatic carbocycles. The van der Waals surface area contributed by atoms with Gasteiger partial charge in [0.1, 0.15) is 6.10 Å². The molecule has 1 heterocycles. The predicted octanol–water partition coefficient (Wildman–Crippen LogP) is 3.27. The summed E-state index contributed by atoms with van der Waals surface area (Å²) in [5, 5.41) is 10.7. The second kappa shape index (κ2) is 10.9. The van der Waals surface area contributed by atoms with Crippen molar-refractivity contribution in [3.05, 3.63) is 11.7 Å². The molecule has 1 saturated carbocycles. The fourth-order valence-corrected chi connectivity index (χ4v) is 3.44. The van der Waals surface area contributed by atoms with Crippen LogP contribution in [0.4, 0.5) is 0 Å². The van der Waals surface area contributed by atoms with Gasteiger partial charge in [0.25, 0.3) is 0 Å². The Kier molecular flexibility index (Phi) is 9.70. The average Bonchev–Trinajstić information content (AvgIpc) is 2.99. The number of rotatable bonds is 6. The third-order valence-corrected chi connectivity index (χ3v) is 4.41. The maximum atomic E-state index is 5.47. The van der Waals surface area contributed by atoms with E-state index in [2.05, 4.69) is 39.6 Å². The van der Waals surface area contributed by atoms with Gasteiger partial charge in [-0.15, -0.1) is 24.0 Å². The van der Waals surface area contributed by atoms with Crippen LogP contribution in [0.25, 0.3) is 0 Å². The van der Waals surface area contributed by atoms with E-state index < -0.39 is 0 Å². The van der Waals surface area contributed by atoms with E-state index in [9.17, 15) is 0 Å². The second-order valence-electron chi connectivity index (χ2n) is 6.83. The first-order chi connectivity index (χ1) is 11.5. The maximum Gasteiger partial charge on any atom is 0.246 e. The quantitative estimate of drug-likeness (QED) is 0.381. The first-order valence-electron chi connectivity index (χ1n) is 8.93. The Morgan fingerprint density at radius 3 is 2.60 bits per heavy atom. The van der Waals surface area contributed by atoms with E-state index in [0.29, 0.717) is 30.9 Å². The van der Waals surface area contributed by atoms with Gasteiger partial charge in [0.15, 0.2) is 11.8 Å². The Balaban J connectivity index is 0.00000312. The van der Waals surface area contributed by atoms with Crippen LogP contribution in [0, 0.1) is 11.8 Å². The summed E-state index contributed by atoms with van der Waals surface area (Å²) < 4.78 is 10.7. The van der Waals surface area contributed by atoms with Gasteiger partial charge < -0.3 is 19.9 Å². The summed E-state index contributed by atoms with van der Waals surface area (Å²) in [5.74, 6) is 3.39. The van der Waals surface area contributed by atoms with Crippen LogP contribution in [-0.2, 0) is 11.3 Å². The highest BCUT2D eigenvalue weighted by atomic mass is 127. The Labute approximate surface area is 167 Å². The monoisotopic (exact) mass is 465 g/mol. The van der Waals surface area contributed by atoms with Gasteiger partial charge in [-0.3, -0.25) is 4.99 Å². The zero-order valence-electron chi connectivity index (χ0n) is 15.9. The van der Waals surface area contributed by atoms with Crippen molar-refractivity contribution in [1.82, 2.24) is 20.8 Å². The number of hydrogen-bond acceptors (Lipinski definition) is 5. The molecule has 1 aromatic rings. The van der Waals surface area contributed by atoms with Gasteiger partial charge in [0.05, 0.1) is 6.54 Å². The summed E-state index contributed by atoms with van der Waals surface area (Å²) in [4.78, 5) is 8.66. The van der Waals surface area contributed by atoms with Crippen LogP contribution in [0.3, 0.4) is 0 Å². The first kappa shape index (κ1) is 22.1. The molecule has 0 spiro atoms. The van der Waals surface area contributed by atoms with Crippen LogP contribution in [-0.4, -0.2) is 35.8 Å². The molecule has 0 radical (unpaired) electrons. The Morgan fingerprint density at radius 1 is 1.32 bits per heavy atom. The van der Waals surface area contributed by atoms with E-state index in [1.54, 1.807) is 7.05 Å². The van der Waals surface area contributed by atoms with Crippen LogP contribution in [0.5, 0.6) is 0 Å². The zero-order chi connectivity index (χ0) is 17.5. The van der Waals surface area contributed by atoms with Crippen molar-refractivity contribution >= 4 is 29.9 Å². The molecular formula is C17H32IN5O2. The number of aromatic nitrogens is 2. The van der Waals surface area contributed by atoms with Crippen molar-refractivity contribution in [3.63, 3.8) is 0 Å². The standard InChI is InChI=1S/C17H31N5O2.HI/c1-6-23-13(4)16-21-15(24-22-16)10-19-17(18-5)20-14-8-11(2)7-12(3)9-14;/h11-14H,6-10H2,1-5H3,(H2,18,19,20);1H. The Morgan fingerprint density at radius 2 is 2.00 bits per heavy atom. The lowest BCUT2D eigenvalue weighted by Gasteiger charge is -2.32.